The fourth-order valence-electron chi connectivity index (χ4n) is 4.83. The van der Waals surface area contributed by atoms with Crippen LogP contribution in [-0.2, 0) is 23.7 Å². The molecule has 10 atom stereocenters. The monoisotopic (exact) mass is 494 g/mol. The first-order chi connectivity index (χ1) is 16.6. The van der Waals surface area contributed by atoms with Gasteiger partial charge in [0.2, 0.25) is 6.29 Å². The lowest BCUT2D eigenvalue weighted by molar-refractivity contribution is -0.346. The van der Waals surface area contributed by atoms with Crippen molar-refractivity contribution in [3.05, 3.63) is 48.2 Å². The van der Waals surface area contributed by atoms with Crippen LogP contribution >= 0.6 is 0 Å². The van der Waals surface area contributed by atoms with E-state index in [1.54, 1.807) is 25.1 Å². The number of phenols is 1. The molecule has 0 unspecified atom stereocenters. The van der Waals surface area contributed by atoms with Gasteiger partial charge in [-0.25, -0.2) is 4.79 Å². The highest BCUT2D eigenvalue weighted by molar-refractivity contribution is 5.87. The zero-order chi connectivity index (χ0) is 25.3. The summed E-state index contributed by atoms with van der Waals surface area (Å²) in [6, 6.07) is 6.26. The van der Waals surface area contributed by atoms with Crippen molar-refractivity contribution in [2.45, 2.75) is 62.0 Å². The molecule has 2 aliphatic heterocycles. The van der Waals surface area contributed by atoms with Gasteiger partial charge in [-0.2, -0.15) is 0 Å². The van der Waals surface area contributed by atoms with Crippen LogP contribution in [0.4, 0.5) is 0 Å². The second-order valence-electron chi connectivity index (χ2n) is 9.23. The summed E-state index contributed by atoms with van der Waals surface area (Å²) in [5.74, 6) is -1.72. The van der Waals surface area contributed by atoms with E-state index in [4.69, 9.17) is 18.9 Å². The van der Waals surface area contributed by atoms with E-state index in [1.165, 1.54) is 30.5 Å². The molecule has 3 aliphatic rings. The quantitative estimate of drug-likeness (QED) is 0.220. The molecule has 0 radical (unpaired) electrons. The number of carbonyl (C=O) groups is 1. The van der Waals surface area contributed by atoms with Crippen molar-refractivity contribution in [1.82, 2.24) is 0 Å². The number of rotatable bonds is 6. The van der Waals surface area contributed by atoms with E-state index in [1.807, 2.05) is 0 Å². The van der Waals surface area contributed by atoms with E-state index in [0.29, 0.717) is 5.56 Å². The molecule has 0 spiro atoms. The third-order valence-electron chi connectivity index (χ3n) is 6.67. The highest BCUT2D eigenvalue weighted by Crippen LogP contribution is 2.48. The maximum Gasteiger partial charge on any atom is 0.331 e. The molecule has 35 heavy (non-hydrogen) atoms. The molecule has 1 aromatic carbocycles. The van der Waals surface area contributed by atoms with Crippen LogP contribution in [0.5, 0.6) is 5.75 Å². The first-order valence-corrected chi connectivity index (χ1v) is 11.3. The van der Waals surface area contributed by atoms with Gasteiger partial charge in [0.15, 0.2) is 6.29 Å². The van der Waals surface area contributed by atoms with Gasteiger partial charge in [-0.15, -0.1) is 0 Å². The second-order valence-corrected chi connectivity index (χ2v) is 9.23. The molecule has 192 valence electrons. The molecule has 2 fully saturated rings. The maximum atomic E-state index is 12.4. The third-order valence-corrected chi connectivity index (χ3v) is 6.67. The number of carbonyl (C=O) groups excluding carboxylic acids is 1. The lowest BCUT2D eigenvalue weighted by Crippen LogP contribution is -2.60. The van der Waals surface area contributed by atoms with Crippen LogP contribution in [0.2, 0.25) is 0 Å². The van der Waals surface area contributed by atoms with Gasteiger partial charge in [0.25, 0.3) is 0 Å². The first-order valence-electron chi connectivity index (χ1n) is 11.3. The lowest BCUT2D eigenvalue weighted by Gasteiger charge is -2.43. The van der Waals surface area contributed by atoms with Gasteiger partial charge in [-0.1, -0.05) is 12.1 Å². The van der Waals surface area contributed by atoms with Crippen LogP contribution in [0, 0.1) is 11.8 Å². The Bertz CT molecular complexity index is 941. The molecule has 0 aromatic heterocycles. The number of aromatic hydroxyl groups is 1. The zero-order valence-electron chi connectivity index (χ0n) is 19.0. The van der Waals surface area contributed by atoms with Crippen LogP contribution in [0.3, 0.4) is 0 Å². The van der Waals surface area contributed by atoms with Crippen LogP contribution < -0.4 is 0 Å². The van der Waals surface area contributed by atoms with Crippen molar-refractivity contribution in [3.8, 4) is 5.75 Å². The normalized spacial score (nSPS) is 40.9. The number of ether oxygens (including phenoxy) is 4. The average Bonchev–Trinajstić information content (AvgIpc) is 3.09. The molecule has 11 nitrogen and oxygen atoms in total. The summed E-state index contributed by atoms with van der Waals surface area (Å²) in [5, 5.41) is 60.1. The SMILES string of the molecule is C[C@]1(O)C[C@@H](OC(=O)/C=C/c2ccc(O)cc2)[C@@H]2C=CO[C@@H](O[C@@H]3O[C@H](CO)[C@@H](O)[C@H](O)[C@H]3O)[C@@H]21. The Balaban J connectivity index is 1.44. The van der Waals surface area contributed by atoms with Crippen LogP contribution in [0.1, 0.15) is 18.9 Å². The van der Waals surface area contributed by atoms with Gasteiger partial charge in [0.1, 0.15) is 36.3 Å². The second kappa shape index (κ2) is 10.2. The standard InChI is InChI=1S/C24H30O11/c1-24(31)10-15(33-17(27)7-4-12-2-5-13(26)6-3-12)14-8-9-32-22(18(14)24)35-23-21(30)20(29)19(28)16(11-25)34-23/h2-9,14-16,18-23,25-26,28-31H,10-11H2,1H3/b7-4+/t14-,15+,16+,18+,19+,20-,21+,22-,23-,24-/m0/s1. The van der Waals surface area contributed by atoms with E-state index < -0.39 is 73.1 Å². The summed E-state index contributed by atoms with van der Waals surface area (Å²) in [4.78, 5) is 12.4. The Hall–Kier alpha value is -2.51. The van der Waals surface area contributed by atoms with Crippen molar-refractivity contribution in [1.29, 1.82) is 0 Å². The van der Waals surface area contributed by atoms with E-state index in [-0.39, 0.29) is 12.2 Å². The van der Waals surface area contributed by atoms with Crippen molar-refractivity contribution < 1.29 is 54.4 Å². The van der Waals surface area contributed by atoms with Gasteiger partial charge in [-0.05, 0) is 36.8 Å². The molecule has 6 N–H and O–H groups in total. The number of hydrogen-bond donors (Lipinski definition) is 6. The molecule has 1 saturated heterocycles. The summed E-state index contributed by atoms with van der Waals surface area (Å²) in [6.07, 6.45) is -3.39. The molecule has 0 bridgehead atoms. The number of phenolic OH excluding ortho intramolecular Hbond substituents is 1. The third kappa shape index (κ3) is 5.36. The van der Waals surface area contributed by atoms with Gasteiger partial charge < -0.3 is 49.6 Å². The number of fused-ring (bicyclic) bond motifs is 1. The van der Waals surface area contributed by atoms with Gasteiger partial charge in [0, 0.05) is 18.4 Å². The minimum atomic E-state index is -1.63. The fraction of sp³-hybridized carbons (Fsp3) is 0.542. The summed E-state index contributed by atoms with van der Waals surface area (Å²) in [6.45, 7) is 0.937. The number of hydrogen-bond acceptors (Lipinski definition) is 11. The van der Waals surface area contributed by atoms with Crippen molar-refractivity contribution in [2.24, 2.45) is 11.8 Å². The van der Waals surface area contributed by atoms with E-state index in [9.17, 15) is 35.4 Å². The summed E-state index contributed by atoms with van der Waals surface area (Å²) >= 11 is 0. The largest absolute Gasteiger partial charge is 0.508 e. The molecule has 11 heteroatoms. The number of esters is 1. The van der Waals surface area contributed by atoms with E-state index in [0.717, 1.165) is 0 Å². The van der Waals surface area contributed by atoms with Crippen molar-refractivity contribution >= 4 is 12.0 Å². The molecule has 1 aromatic rings. The van der Waals surface area contributed by atoms with Crippen LogP contribution in [0.25, 0.3) is 6.08 Å². The average molecular weight is 494 g/mol. The van der Waals surface area contributed by atoms with Crippen LogP contribution in [-0.4, -0.2) is 91.9 Å². The number of benzene rings is 1. The zero-order valence-corrected chi connectivity index (χ0v) is 19.0. The lowest BCUT2D eigenvalue weighted by atomic mass is 9.85. The topological polar surface area (TPSA) is 175 Å². The first kappa shape index (κ1) is 25.6. The number of aliphatic hydroxyl groups is 5. The van der Waals surface area contributed by atoms with Crippen molar-refractivity contribution in [2.75, 3.05) is 6.61 Å². The maximum absolute atomic E-state index is 12.4. The van der Waals surface area contributed by atoms with E-state index >= 15 is 0 Å². The highest BCUT2D eigenvalue weighted by Gasteiger charge is 2.57. The molecule has 0 amide bonds. The summed E-state index contributed by atoms with van der Waals surface area (Å²) in [5.41, 5.74) is -0.699. The Morgan fingerprint density at radius 2 is 1.86 bits per heavy atom. The van der Waals surface area contributed by atoms with Crippen molar-refractivity contribution in [3.63, 3.8) is 0 Å². The highest BCUT2D eigenvalue weighted by atomic mass is 16.8. The van der Waals surface area contributed by atoms with Gasteiger partial charge >= 0.3 is 5.97 Å². The summed E-state index contributed by atoms with van der Waals surface area (Å²) < 4.78 is 22.3. The number of aliphatic hydroxyl groups excluding tert-OH is 4. The van der Waals surface area contributed by atoms with E-state index in [2.05, 4.69) is 0 Å². The molecular weight excluding hydrogens is 464 g/mol. The minimum Gasteiger partial charge on any atom is -0.508 e. The molecule has 4 rings (SSSR count). The molecule has 1 saturated carbocycles. The minimum absolute atomic E-state index is 0.0867. The van der Waals surface area contributed by atoms with Gasteiger partial charge in [0.05, 0.1) is 24.4 Å². The molecule has 2 heterocycles. The predicted octanol–water partition coefficient (Wildman–Crippen LogP) is -0.609. The van der Waals surface area contributed by atoms with Crippen LogP contribution in [0.15, 0.2) is 42.7 Å². The predicted molar refractivity (Wildman–Crippen MR) is 118 cm³/mol. The smallest absolute Gasteiger partial charge is 0.331 e. The summed E-state index contributed by atoms with van der Waals surface area (Å²) in [7, 11) is 0. The van der Waals surface area contributed by atoms with Gasteiger partial charge in [-0.3, -0.25) is 0 Å². The Morgan fingerprint density at radius 3 is 2.54 bits per heavy atom. The Kier molecular flexibility index (Phi) is 7.48. The Labute approximate surface area is 201 Å². The fourth-order valence-corrected chi connectivity index (χ4v) is 4.83. The Morgan fingerprint density at radius 1 is 1.14 bits per heavy atom. The molecule has 1 aliphatic carbocycles. The molecular formula is C24H30O11.